The Kier molecular flexibility index (Phi) is 5.12. The van der Waals surface area contributed by atoms with Crippen molar-refractivity contribution in [2.24, 2.45) is 11.7 Å². The Hall–Kier alpha value is -1.68. The molecule has 1 atom stereocenters. The van der Waals surface area contributed by atoms with Gasteiger partial charge < -0.3 is 5.73 Å². The highest BCUT2D eigenvalue weighted by atomic mass is 16.1. The van der Waals surface area contributed by atoms with Gasteiger partial charge in [-0.25, -0.2) is 0 Å². The third kappa shape index (κ3) is 4.14. The van der Waals surface area contributed by atoms with Gasteiger partial charge in [-0.15, -0.1) is 0 Å². The molecule has 4 nitrogen and oxygen atoms in total. The van der Waals surface area contributed by atoms with Crippen LogP contribution in [0.25, 0.3) is 0 Å². The van der Waals surface area contributed by atoms with E-state index in [0.29, 0.717) is 31.8 Å². The van der Waals surface area contributed by atoms with Crippen LogP contribution >= 0.6 is 0 Å². The summed E-state index contributed by atoms with van der Waals surface area (Å²) in [4.78, 5) is 25.2. The molecule has 0 radical (unpaired) electrons. The predicted octanol–water partition coefficient (Wildman–Crippen LogP) is 2.08. The number of ketones is 1. The number of hydrogen-bond acceptors (Lipinski definition) is 3. The normalized spacial score (nSPS) is 18.0. The average molecular weight is 288 g/mol. The van der Waals surface area contributed by atoms with Crippen molar-refractivity contribution in [2.75, 3.05) is 13.1 Å². The monoisotopic (exact) mass is 288 g/mol. The number of piperidine rings is 1. The first-order valence-corrected chi connectivity index (χ1v) is 7.61. The molecule has 0 spiro atoms. The molecule has 0 bridgehead atoms. The Morgan fingerprint density at radius 2 is 1.76 bits per heavy atom. The fourth-order valence-electron chi connectivity index (χ4n) is 2.89. The minimum Gasteiger partial charge on any atom is -0.368 e. The van der Waals surface area contributed by atoms with Gasteiger partial charge in [0.15, 0.2) is 0 Å². The van der Waals surface area contributed by atoms with Crippen LogP contribution in [0.15, 0.2) is 24.3 Å². The topological polar surface area (TPSA) is 63.4 Å². The molecule has 0 aliphatic carbocycles. The zero-order valence-corrected chi connectivity index (χ0v) is 12.8. The number of likely N-dealkylation sites (tertiary alicyclic amines) is 1. The van der Waals surface area contributed by atoms with Gasteiger partial charge in [0.1, 0.15) is 11.8 Å². The molecule has 1 aliphatic heterocycles. The largest absolute Gasteiger partial charge is 0.368 e. The van der Waals surface area contributed by atoms with Crippen LogP contribution in [-0.4, -0.2) is 29.7 Å². The van der Waals surface area contributed by atoms with E-state index in [1.807, 2.05) is 17.0 Å². The van der Waals surface area contributed by atoms with E-state index < -0.39 is 6.04 Å². The van der Waals surface area contributed by atoms with E-state index in [1.54, 1.807) is 0 Å². The van der Waals surface area contributed by atoms with Crippen LogP contribution in [0.1, 0.15) is 43.9 Å². The molecule has 4 heteroatoms. The van der Waals surface area contributed by atoms with Crippen LogP contribution in [0.5, 0.6) is 0 Å². The van der Waals surface area contributed by atoms with Gasteiger partial charge in [-0.05, 0) is 23.5 Å². The minimum atomic E-state index is -0.425. The SMILES string of the molecule is CC(C)Cc1ccc(C(C(N)=O)N2CCC(=O)CC2)cc1. The van der Waals surface area contributed by atoms with Gasteiger partial charge >= 0.3 is 0 Å². The number of carbonyl (C=O) groups is 2. The van der Waals surface area contributed by atoms with Crippen molar-refractivity contribution < 1.29 is 9.59 Å². The molecule has 1 amide bonds. The molecule has 0 saturated carbocycles. The van der Waals surface area contributed by atoms with Gasteiger partial charge in [-0.1, -0.05) is 38.1 Å². The van der Waals surface area contributed by atoms with Gasteiger partial charge in [0.2, 0.25) is 5.91 Å². The molecule has 1 aromatic rings. The smallest absolute Gasteiger partial charge is 0.239 e. The van der Waals surface area contributed by atoms with Crippen LogP contribution in [0.3, 0.4) is 0 Å². The summed E-state index contributed by atoms with van der Waals surface area (Å²) < 4.78 is 0. The molecule has 1 aromatic carbocycles. The first kappa shape index (κ1) is 15.7. The Morgan fingerprint density at radius 3 is 2.24 bits per heavy atom. The lowest BCUT2D eigenvalue weighted by Gasteiger charge is -2.32. The molecular weight excluding hydrogens is 264 g/mol. The summed E-state index contributed by atoms with van der Waals surface area (Å²) in [6.07, 6.45) is 2.05. The van der Waals surface area contributed by atoms with Crippen molar-refractivity contribution in [1.29, 1.82) is 0 Å². The molecule has 1 unspecified atom stereocenters. The van der Waals surface area contributed by atoms with Crippen molar-refractivity contribution >= 4 is 11.7 Å². The number of amides is 1. The minimum absolute atomic E-state index is 0.266. The van der Waals surface area contributed by atoms with Crippen LogP contribution in [0.4, 0.5) is 0 Å². The van der Waals surface area contributed by atoms with Gasteiger partial charge in [0.25, 0.3) is 0 Å². The van der Waals surface area contributed by atoms with Crippen molar-refractivity contribution in [3.05, 3.63) is 35.4 Å². The lowest BCUT2D eigenvalue weighted by Crippen LogP contribution is -2.42. The van der Waals surface area contributed by atoms with Crippen molar-refractivity contribution in [3.8, 4) is 0 Å². The highest BCUT2D eigenvalue weighted by Crippen LogP contribution is 2.24. The third-order valence-electron chi connectivity index (χ3n) is 3.93. The molecule has 114 valence electrons. The van der Waals surface area contributed by atoms with Crippen LogP contribution in [0.2, 0.25) is 0 Å². The summed E-state index contributed by atoms with van der Waals surface area (Å²) >= 11 is 0. The maximum atomic E-state index is 11.8. The third-order valence-corrected chi connectivity index (χ3v) is 3.93. The lowest BCUT2D eigenvalue weighted by atomic mass is 9.97. The van der Waals surface area contributed by atoms with E-state index >= 15 is 0 Å². The maximum Gasteiger partial charge on any atom is 0.239 e. The second kappa shape index (κ2) is 6.85. The van der Waals surface area contributed by atoms with E-state index in [1.165, 1.54) is 5.56 Å². The molecule has 0 aromatic heterocycles. The number of benzene rings is 1. The van der Waals surface area contributed by atoms with Gasteiger partial charge in [-0.2, -0.15) is 0 Å². The van der Waals surface area contributed by atoms with Crippen molar-refractivity contribution in [1.82, 2.24) is 4.90 Å². The van der Waals surface area contributed by atoms with E-state index in [-0.39, 0.29) is 11.7 Å². The quantitative estimate of drug-likeness (QED) is 0.902. The predicted molar refractivity (Wildman–Crippen MR) is 82.7 cm³/mol. The average Bonchev–Trinajstić information content (AvgIpc) is 2.42. The number of nitrogens with two attached hydrogens (primary N) is 1. The highest BCUT2D eigenvalue weighted by Gasteiger charge is 2.28. The number of primary amides is 1. The molecule has 2 rings (SSSR count). The van der Waals surface area contributed by atoms with E-state index in [0.717, 1.165) is 12.0 Å². The van der Waals surface area contributed by atoms with E-state index in [4.69, 9.17) is 5.73 Å². The van der Waals surface area contributed by atoms with Crippen LogP contribution in [0, 0.1) is 5.92 Å². The second-order valence-electron chi connectivity index (χ2n) is 6.22. The van der Waals surface area contributed by atoms with Gasteiger partial charge in [0.05, 0.1) is 0 Å². The molecule has 2 N–H and O–H groups in total. The first-order chi connectivity index (χ1) is 9.97. The van der Waals surface area contributed by atoms with Crippen molar-refractivity contribution in [3.63, 3.8) is 0 Å². The Morgan fingerprint density at radius 1 is 1.19 bits per heavy atom. The summed E-state index contributed by atoms with van der Waals surface area (Å²) in [5.41, 5.74) is 7.78. The zero-order valence-electron chi connectivity index (χ0n) is 12.8. The molecule has 1 saturated heterocycles. The first-order valence-electron chi connectivity index (χ1n) is 7.61. The molecule has 21 heavy (non-hydrogen) atoms. The molecular formula is C17H24N2O2. The second-order valence-corrected chi connectivity index (χ2v) is 6.22. The highest BCUT2D eigenvalue weighted by molar-refractivity contribution is 5.83. The van der Waals surface area contributed by atoms with Gasteiger partial charge in [0, 0.05) is 25.9 Å². The Balaban J connectivity index is 2.14. The summed E-state index contributed by atoms with van der Waals surface area (Å²) in [5.74, 6) is 0.526. The fourth-order valence-corrected chi connectivity index (χ4v) is 2.89. The maximum absolute atomic E-state index is 11.8. The Bertz CT molecular complexity index is 498. The van der Waals surface area contributed by atoms with Crippen LogP contribution in [-0.2, 0) is 16.0 Å². The number of Topliss-reactive ketones (excluding diaryl/α,β-unsaturated/α-hetero) is 1. The zero-order chi connectivity index (χ0) is 15.4. The fraction of sp³-hybridized carbons (Fsp3) is 0.529. The summed E-state index contributed by atoms with van der Waals surface area (Å²) in [7, 11) is 0. The van der Waals surface area contributed by atoms with Crippen molar-refractivity contribution in [2.45, 2.75) is 39.2 Å². The number of carbonyl (C=O) groups excluding carboxylic acids is 2. The number of hydrogen-bond donors (Lipinski definition) is 1. The summed E-state index contributed by atoms with van der Waals surface area (Å²) in [6.45, 7) is 5.59. The number of nitrogens with zero attached hydrogens (tertiary/aromatic N) is 1. The molecule has 1 fully saturated rings. The van der Waals surface area contributed by atoms with Gasteiger partial charge in [-0.3, -0.25) is 14.5 Å². The van der Waals surface area contributed by atoms with E-state index in [2.05, 4.69) is 26.0 Å². The summed E-state index contributed by atoms with van der Waals surface area (Å²) in [6, 6.07) is 7.69. The number of rotatable bonds is 5. The Labute approximate surface area is 126 Å². The van der Waals surface area contributed by atoms with Crippen LogP contribution < -0.4 is 5.73 Å². The van der Waals surface area contributed by atoms with E-state index in [9.17, 15) is 9.59 Å². The molecule has 1 heterocycles. The molecule has 1 aliphatic rings. The standard InChI is InChI=1S/C17H24N2O2/c1-12(2)11-13-3-5-14(6-4-13)16(17(18)21)19-9-7-15(20)8-10-19/h3-6,12,16H,7-11H2,1-2H3,(H2,18,21). The lowest BCUT2D eigenvalue weighted by molar-refractivity contribution is -0.128. The summed E-state index contributed by atoms with van der Waals surface area (Å²) in [5, 5.41) is 0.